The van der Waals surface area contributed by atoms with E-state index in [1.807, 2.05) is 49.9 Å². The van der Waals surface area contributed by atoms with Gasteiger partial charge in [-0.3, -0.25) is 14.8 Å². The monoisotopic (exact) mass is 642 g/mol. The lowest BCUT2D eigenvalue weighted by Crippen LogP contribution is -2.57. The highest BCUT2D eigenvalue weighted by Crippen LogP contribution is 2.39. The molecule has 8 rings (SSSR count). The summed E-state index contributed by atoms with van der Waals surface area (Å²) in [6, 6.07) is 11.0. The van der Waals surface area contributed by atoms with E-state index in [-0.39, 0.29) is 47.3 Å². The molecule has 4 aliphatic rings. The van der Waals surface area contributed by atoms with E-state index < -0.39 is 11.4 Å². The Kier molecular flexibility index (Phi) is 7.32. The second-order valence-electron chi connectivity index (χ2n) is 14.1. The Labute approximate surface area is 272 Å². The first-order valence-corrected chi connectivity index (χ1v) is 16.4. The zero-order valence-electron chi connectivity index (χ0n) is 26.9. The van der Waals surface area contributed by atoms with Crippen LogP contribution in [0.4, 0.5) is 15.0 Å². The van der Waals surface area contributed by atoms with E-state index in [4.69, 9.17) is 19.2 Å². The van der Waals surface area contributed by atoms with Gasteiger partial charge < -0.3 is 24.2 Å². The molecule has 4 atom stereocenters. The number of hydrogen-bond acceptors (Lipinski definition) is 10. The first kappa shape index (κ1) is 30.1. The van der Waals surface area contributed by atoms with Crippen molar-refractivity contribution >= 4 is 33.6 Å². The fourth-order valence-corrected chi connectivity index (χ4v) is 7.70. The normalized spacial score (nSPS) is 24.1. The molecule has 4 fully saturated rings. The van der Waals surface area contributed by atoms with E-state index in [0.29, 0.717) is 49.1 Å². The van der Waals surface area contributed by atoms with Crippen LogP contribution in [0.15, 0.2) is 42.6 Å². The second kappa shape index (κ2) is 11.4. The Morgan fingerprint density at radius 1 is 1.06 bits per heavy atom. The Balaban J connectivity index is 1.15. The van der Waals surface area contributed by atoms with Crippen LogP contribution in [0.25, 0.3) is 32.9 Å². The number of piperazine rings is 1. The molecule has 0 aliphatic carbocycles. The van der Waals surface area contributed by atoms with Gasteiger partial charge in [-0.05, 0) is 62.9 Å². The average molecular weight is 643 g/mol. The standard InChI is InChI=1S/C35H39FN6O5/c1-35(2,3)47-34(44)42-21-8-9-22(42)17-41(16-21)32-28-15-37-30(27-14-24(43)12-20-6-4-5-7-26(20)27)29(36)31(28)38-33(39-32)45-11-10-40-18-25-13-23(40)19-46-25/h4-7,12,14-15,21-23,25,43H,8-11,13,16-19H2,1-3H3/t21-,22+,23-,25-/m0/s1. The van der Waals surface area contributed by atoms with Crippen molar-refractivity contribution in [2.24, 2.45) is 0 Å². The molecule has 0 radical (unpaired) electrons. The summed E-state index contributed by atoms with van der Waals surface area (Å²) in [7, 11) is 0. The number of aromatic nitrogens is 3. The molecule has 11 nitrogen and oxygen atoms in total. The lowest BCUT2D eigenvalue weighted by atomic mass is 10.00. The first-order chi connectivity index (χ1) is 22.6. The number of fused-ring (bicyclic) bond motifs is 6. The fraction of sp³-hybridized carbons (Fsp3) is 0.486. The van der Waals surface area contributed by atoms with Crippen LogP contribution < -0.4 is 9.64 Å². The minimum Gasteiger partial charge on any atom is -0.508 e. The molecule has 2 aromatic heterocycles. The smallest absolute Gasteiger partial charge is 0.410 e. The molecule has 12 heteroatoms. The van der Waals surface area contributed by atoms with Gasteiger partial charge in [0.2, 0.25) is 0 Å². The van der Waals surface area contributed by atoms with Crippen LogP contribution in [0.3, 0.4) is 0 Å². The molecule has 4 aromatic rings. The Bertz CT molecular complexity index is 1850. The van der Waals surface area contributed by atoms with E-state index in [2.05, 4.69) is 19.8 Å². The quantitative estimate of drug-likeness (QED) is 0.304. The molecule has 1 amide bonds. The van der Waals surface area contributed by atoms with E-state index >= 15 is 4.39 Å². The van der Waals surface area contributed by atoms with Gasteiger partial charge in [-0.15, -0.1) is 0 Å². The largest absolute Gasteiger partial charge is 0.508 e. The molecule has 4 aliphatic heterocycles. The summed E-state index contributed by atoms with van der Waals surface area (Å²) in [6.45, 7) is 9.30. The van der Waals surface area contributed by atoms with Gasteiger partial charge in [0.1, 0.15) is 35.0 Å². The third-order valence-electron chi connectivity index (χ3n) is 9.75. The molecule has 0 spiro atoms. The number of carbonyl (C=O) groups is 1. The highest BCUT2D eigenvalue weighted by molar-refractivity contribution is 6.00. The van der Waals surface area contributed by atoms with Crippen LogP contribution in [0.1, 0.15) is 40.0 Å². The van der Waals surface area contributed by atoms with Crippen LogP contribution in [0, 0.1) is 5.82 Å². The number of anilines is 1. The number of pyridine rings is 1. The number of halogens is 1. The number of phenols is 1. The van der Waals surface area contributed by atoms with Gasteiger partial charge in [0.05, 0.1) is 30.2 Å². The van der Waals surface area contributed by atoms with Gasteiger partial charge >= 0.3 is 12.1 Å². The second-order valence-corrected chi connectivity index (χ2v) is 14.1. The molecule has 4 bridgehead atoms. The van der Waals surface area contributed by atoms with Crippen molar-refractivity contribution < 1.29 is 28.5 Å². The summed E-state index contributed by atoms with van der Waals surface area (Å²) in [6.07, 6.45) is 4.31. The Morgan fingerprint density at radius 2 is 1.85 bits per heavy atom. The topological polar surface area (TPSA) is 113 Å². The lowest BCUT2D eigenvalue weighted by molar-refractivity contribution is 0.0122. The van der Waals surface area contributed by atoms with E-state index in [1.165, 1.54) is 6.07 Å². The minimum atomic E-state index is -0.615. The molecule has 4 saturated heterocycles. The maximum Gasteiger partial charge on any atom is 0.410 e. The van der Waals surface area contributed by atoms with E-state index in [1.54, 1.807) is 12.3 Å². The number of benzene rings is 2. The van der Waals surface area contributed by atoms with Crippen molar-refractivity contribution in [1.29, 1.82) is 0 Å². The minimum absolute atomic E-state index is 0.0201. The number of rotatable bonds is 6. The van der Waals surface area contributed by atoms with Gasteiger partial charge in [0, 0.05) is 44.0 Å². The van der Waals surface area contributed by atoms with Crippen LogP contribution in [-0.2, 0) is 9.47 Å². The van der Waals surface area contributed by atoms with Gasteiger partial charge in [-0.1, -0.05) is 24.3 Å². The average Bonchev–Trinajstić information content (AvgIpc) is 3.73. The zero-order valence-corrected chi connectivity index (χ0v) is 26.9. The molecule has 0 unspecified atom stereocenters. The van der Waals surface area contributed by atoms with Crippen molar-refractivity contribution in [3.63, 3.8) is 0 Å². The maximum atomic E-state index is 16.7. The molecule has 2 aromatic carbocycles. The summed E-state index contributed by atoms with van der Waals surface area (Å²) < 4.78 is 34.3. The van der Waals surface area contributed by atoms with Crippen LogP contribution in [0.5, 0.6) is 11.8 Å². The van der Waals surface area contributed by atoms with Crippen molar-refractivity contribution in [3.8, 4) is 23.0 Å². The summed E-state index contributed by atoms with van der Waals surface area (Å²) in [5.41, 5.74) is 0.0608. The lowest BCUT2D eigenvalue weighted by Gasteiger charge is -2.42. The molecule has 246 valence electrons. The third-order valence-corrected chi connectivity index (χ3v) is 9.75. The first-order valence-electron chi connectivity index (χ1n) is 16.4. The number of likely N-dealkylation sites (tertiary alicyclic amines) is 1. The van der Waals surface area contributed by atoms with E-state index in [0.717, 1.165) is 43.2 Å². The van der Waals surface area contributed by atoms with Gasteiger partial charge in [0.25, 0.3) is 0 Å². The highest BCUT2D eigenvalue weighted by atomic mass is 19.1. The predicted molar refractivity (Wildman–Crippen MR) is 174 cm³/mol. The van der Waals surface area contributed by atoms with Crippen molar-refractivity contribution in [3.05, 3.63) is 48.4 Å². The molecule has 0 saturated carbocycles. The fourth-order valence-electron chi connectivity index (χ4n) is 7.70. The number of phenolic OH excluding ortho intramolecular Hbond substituents is 1. The zero-order chi connectivity index (χ0) is 32.4. The number of nitrogens with zero attached hydrogens (tertiary/aromatic N) is 6. The van der Waals surface area contributed by atoms with Crippen molar-refractivity contribution in [2.75, 3.05) is 44.3 Å². The van der Waals surface area contributed by atoms with Crippen LogP contribution >= 0.6 is 0 Å². The van der Waals surface area contributed by atoms with Crippen molar-refractivity contribution in [2.45, 2.75) is 69.9 Å². The number of ether oxygens (including phenoxy) is 3. The molecule has 1 N–H and O–H groups in total. The summed E-state index contributed by atoms with van der Waals surface area (Å²) in [4.78, 5) is 33.5. The van der Waals surface area contributed by atoms with Gasteiger partial charge in [0.15, 0.2) is 5.82 Å². The SMILES string of the molecule is CC(C)(C)OC(=O)N1[C@@H]2CC[C@H]1CN(c1nc(OCCN3C[C@@H]4C[C@H]3CO4)nc3c(F)c(-c4cc(O)cc5ccccc45)ncc13)C2. The van der Waals surface area contributed by atoms with Gasteiger partial charge in [-0.2, -0.15) is 9.97 Å². The third kappa shape index (κ3) is 5.57. The number of aromatic hydroxyl groups is 1. The van der Waals surface area contributed by atoms with Crippen LogP contribution in [0.2, 0.25) is 0 Å². The number of carbonyl (C=O) groups excluding carboxylic acids is 1. The maximum absolute atomic E-state index is 16.7. The summed E-state index contributed by atoms with van der Waals surface area (Å²) in [5.74, 6) is -0.0686. The van der Waals surface area contributed by atoms with Crippen LogP contribution in [-0.4, -0.2) is 105 Å². The van der Waals surface area contributed by atoms with E-state index in [9.17, 15) is 9.90 Å². The number of morpholine rings is 1. The number of amides is 1. The molecular weight excluding hydrogens is 603 g/mol. The predicted octanol–water partition coefficient (Wildman–Crippen LogP) is 5.13. The van der Waals surface area contributed by atoms with Gasteiger partial charge in [-0.25, -0.2) is 9.18 Å². The molecule has 47 heavy (non-hydrogen) atoms. The Morgan fingerprint density at radius 3 is 2.57 bits per heavy atom. The number of hydrogen-bond donors (Lipinski definition) is 1. The summed E-state index contributed by atoms with van der Waals surface area (Å²) >= 11 is 0. The summed E-state index contributed by atoms with van der Waals surface area (Å²) in [5, 5.41) is 12.5. The molecular formula is C35H39FN6O5. The highest BCUT2D eigenvalue weighted by Gasteiger charge is 2.45. The Hall–Kier alpha value is -4.29. The molecule has 6 heterocycles. The van der Waals surface area contributed by atoms with Crippen molar-refractivity contribution in [1.82, 2.24) is 24.8 Å².